The quantitative estimate of drug-likeness (QED) is 0.0549. The summed E-state index contributed by atoms with van der Waals surface area (Å²) < 4.78 is 4.75. The topological polar surface area (TPSA) is 270 Å². The number of aromatic nitrogens is 8. The molecule has 9 heterocycles. The van der Waals surface area contributed by atoms with E-state index < -0.39 is 0 Å². The van der Waals surface area contributed by atoms with Crippen LogP contribution in [0.1, 0.15) is 85.8 Å². The van der Waals surface area contributed by atoms with Gasteiger partial charge in [-0.05, 0) is 146 Å². The minimum atomic E-state index is 0. The van der Waals surface area contributed by atoms with Gasteiger partial charge in [0.2, 0.25) is 16.9 Å². The van der Waals surface area contributed by atoms with Crippen molar-refractivity contribution in [2.75, 3.05) is 41.7 Å². The van der Waals surface area contributed by atoms with Crippen LogP contribution in [0.15, 0.2) is 77.8 Å². The molecular formula is C51H60Br2N18O2S2. The van der Waals surface area contributed by atoms with Crippen molar-refractivity contribution in [2.24, 2.45) is 0 Å². The van der Waals surface area contributed by atoms with E-state index in [1.165, 1.54) is 6.92 Å². The Hall–Kier alpha value is -6.99. The Morgan fingerprint density at radius 3 is 1.72 bits per heavy atom. The number of amides is 2. The number of nitrogens with zero attached hydrogens (tertiary/aromatic N) is 12. The van der Waals surface area contributed by atoms with Crippen LogP contribution in [0.25, 0.3) is 44.4 Å². The van der Waals surface area contributed by atoms with E-state index >= 15 is 0 Å². The third kappa shape index (κ3) is 15.3. The number of anilines is 3. The van der Waals surface area contributed by atoms with Crippen LogP contribution in [0, 0.1) is 33.5 Å². The molecule has 24 heteroatoms. The molecule has 0 atom stereocenters. The van der Waals surface area contributed by atoms with Gasteiger partial charge in [-0.2, -0.15) is 20.7 Å². The SMILES string of the molecule is C.CC(=O)NC1CCN(C(=N)SC(=N)Br)CC1.CC(=O)NC1CCN(c2nnc(-c3cnc(-c4ccc5cc(C#N)cnn45)cc3NC(C)C)s2)CC1.CC(C)Nc1cc(-c2ccc3cc(C#N)cnn23)ncc1Br. The van der Waals surface area contributed by atoms with Gasteiger partial charge < -0.3 is 31.1 Å². The van der Waals surface area contributed by atoms with Gasteiger partial charge in [-0.3, -0.25) is 30.4 Å². The zero-order chi connectivity index (χ0) is 53.1. The van der Waals surface area contributed by atoms with Crippen LogP contribution in [0.5, 0.6) is 0 Å². The Morgan fingerprint density at radius 2 is 1.23 bits per heavy atom. The zero-order valence-electron chi connectivity index (χ0n) is 41.6. The summed E-state index contributed by atoms with van der Waals surface area (Å²) in [6, 6.07) is 20.6. The van der Waals surface area contributed by atoms with Gasteiger partial charge in [-0.25, -0.2) is 9.03 Å². The second-order valence-electron chi connectivity index (χ2n) is 18.1. The molecule has 6 N–H and O–H groups in total. The van der Waals surface area contributed by atoms with Crippen LogP contribution in [-0.2, 0) is 9.59 Å². The van der Waals surface area contributed by atoms with Crippen LogP contribution >= 0.6 is 55.0 Å². The molecule has 392 valence electrons. The van der Waals surface area contributed by atoms with E-state index in [0.29, 0.717) is 22.3 Å². The number of hydrogen-bond acceptors (Lipinski definition) is 17. The first-order chi connectivity index (χ1) is 35.5. The van der Waals surface area contributed by atoms with Crippen molar-refractivity contribution in [3.05, 3.63) is 88.9 Å². The number of nitriles is 2. The Kier molecular flexibility index (Phi) is 20.2. The van der Waals surface area contributed by atoms with E-state index in [2.05, 4.69) is 123 Å². The van der Waals surface area contributed by atoms with Crippen LogP contribution in [0.2, 0.25) is 0 Å². The lowest BCUT2D eigenvalue weighted by molar-refractivity contribution is -0.120. The van der Waals surface area contributed by atoms with Crippen molar-refractivity contribution in [2.45, 2.75) is 98.8 Å². The third-order valence-corrected chi connectivity index (χ3v) is 14.4. The van der Waals surface area contributed by atoms with Crippen molar-refractivity contribution in [3.8, 4) is 45.5 Å². The molecule has 2 fully saturated rings. The molecule has 0 aromatic carbocycles. The number of amidine groups is 1. The van der Waals surface area contributed by atoms with E-state index in [1.54, 1.807) is 51.9 Å². The number of carbonyl (C=O) groups excluding carboxylic acids is 2. The number of halogens is 2. The van der Waals surface area contributed by atoms with Gasteiger partial charge in [0, 0.05) is 82.3 Å². The van der Waals surface area contributed by atoms with E-state index in [-0.39, 0.29) is 41.3 Å². The third-order valence-electron chi connectivity index (χ3n) is 11.6. The van der Waals surface area contributed by atoms with Gasteiger partial charge in [0.1, 0.15) is 16.1 Å². The predicted molar refractivity (Wildman–Crippen MR) is 307 cm³/mol. The van der Waals surface area contributed by atoms with Crippen LogP contribution in [-0.4, -0.2) is 116 Å². The van der Waals surface area contributed by atoms with Gasteiger partial charge in [0.25, 0.3) is 0 Å². The summed E-state index contributed by atoms with van der Waals surface area (Å²) in [5.74, 6) is 0.0220. The molecule has 2 aliphatic rings. The first-order valence-electron chi connectivity index (χ1n) is 23.8. The monoisotopic (exact) mass is 1180 g/mol. The highest BCUT2D eigenvalue weighted by Gasteiger charge is 2.25. The van der Waals surface area contributed by atoms with E-state index in [1.807, 2.05) is 53.6 Å². The minimum Gasteiger partial charge on any atom is -0.382 e. The Bertz CT molecular complexity index is 3230. The molecule has 0 aliphatic carbocycles. The molecule has 9 rings (SSSR count). The zero-order valence-corrected chi connectivity index (χ0v) is 46.5. The maximum absolute atomic E-state index is 11.3. The highest BCUT2D eigenvalue weighted by molar-refractivity contribution is 9.22. The molecule has 75 heavy (non-hydrogen) atoms. The number of nitrogens with one attached hydrogen (secondary N) is 6. The number of thioether (sulfide) groups is 1. The largest absolute Gasteiger partial charge is 0.382 e. The molecule has 0 radical (unpaired) electrons. The Morgan fingerprint density at radius 1 is 0.733 bits per heavy atom. The number of hydrogen-bond donors (Lipinski definition) is 6. The predicted octanol–water partition coefficient (Wildman–Crippen LogP) is 9.78. The Labute approximate surface area is 461 Å². The highest BCUT2D eigenvalue weighted by Crippen LogP contribution is 2.37. The first-order valence-corrected chi connectivity index (χ1v) is 27.0. The normalized spacial score (nSPS) is 13.7. The fourth-order valence-corrected chi connectivity index (χ4v) is 10.5. The molecule has 20 nitrogen and oxygen atoms in total. The average Bonchev–Trinajstić information content (AvgIpc) is 4.14. The fourth-order valence-electron chi connectivity index (χ4n) is 8.32. The van der Waals surface area contributed by atoms with Gasteiger partial charge >= 0.3 is 0 Å². The summed E-state index contributed by atoms with van der Waals surface area (Å²) in [6.07, 6.45) is 10.2. The number of rotatable bonds is 10. The Balaban J connectivity index is 0.000000200. The lowest BCUT2D eigenvalue weighted by Gasteiger charge is -2.33. The molecule has 0 unspecified atom stereocenters. The van der Waals surface area contributed by atoms with E-state index in [4.69, 9.17) is 26.3 Å². The molecule has 0 bridgehead atoms. The van der Waals surface area contributed by atoms with Crippen molar-refractivity contribution < 1.29 is 9.59 Å². The van der Waals surface area contributed by atoms with Crippen LogP contribution < -0.4 is 26.2 Å². The average molecular weight is 1180 g/mol. The van der Waals surface area contributed by atoms with Gasteiger partial charge in [0.15, 0.2) is 10.2 Å². The first kappa shape index (κ1) is 57.3. The maximum atomic E-state index is 11.3. The van der Waals surface area contributed by atoms with E-state index in [0.717, 1.165) is 129 Å². The van der Waals surface area contributed by atoms with Gasteiger partial charge in [-0.1, -0.05) is 18.8 Å². The van der Waals surface area contributed by atoms with E-state index in [9.17, 15) is 9.59 Å². The summed E-state index contributed by atoms with van der Waals surface area (Å²) in [7, 11) is 0. The minimum absolute atomic E-state index is 0. The molecule has 2 amide bonds. The second-order valence-corrected chi connectivity index (χ2v) is 22.2. The van der Waals surface area contributed by atoms with Gasteiger partial charge in [0.05, 0.1) is 73.1 Å². The summed E-state index contributed by atoms with van der Waals surface area (Å²) in [6.45, 7) is 14.6. The fraction of sp³-hybridized carbons (Fsp3) is 0.373. The summed E-state index contributed by atoms with van der Waals surface area (Å²) in [5.41, 5.74) is 8.90. The summed E-state index contributed by atoms with van der Waals surface area (Å²) >= 11 is 9.16. The molecule has 2 saturated heterocycles. The molecule has 0 saturated carbocycles. The van der Waals surface area contributed by atoms with Crippen molar-refractivity contribution >= 4 is 103 Å². The second kappa shape index (κ2) is 26.5. The molecular weight excluding hydrogens is 1120 g/mol. The highest BCUT2D eigenvalue weighted by atomic mass is 79.9. The molecule has 7 aromatic rings. The van der Waals surface area contributed by atoms with Crippen LogP contribution in [0.4, 0.5) is 16.5 Å². The van der Waals surface area contributed by atoms with Crippen LogP contribution in [0.3, 0.4) is 0 Å². The lowest BCUT2D eigenvalue weighted by Crippen LogP contribution is -2.45. The molecule has 7 aromatic heterocycles. The van der Waals surface area contributed by atoms with Crippen molar-refractivity contribution in [1.82, 2.24) is 54.9 Å². The smallest absolute Gasteiger partial charge is 0.217 e. The standard InChI is InChI=1S/C25H27N9OS.C16H14BrN5.C9H15BrN4OS.CH4/c1-15(2)29-21-11-22(23-5-4-19-10-17(12-26)13-28-34(19)23)27-14-20(21)24-31-32-25(36-24)33-8-6-18(7-9-33)30-16(3)35;1-10(2)21-14-6-15(19-9-13(14)17)16-4-3-12-5-11(7-18)8-20-22(12)16;1-6(15)13-7-2-4-14(5-3-7)9(12)16-8(10)11;/h4-5,10-11,13-15,18H,6-9H2,1-3H3,(H,27,29)(H,30,35);3-6,8-10H,1-2H3,(H,19,21);7,11-12H,2-5H2,1H3,(H,13,15);1H4. The summed E-state index contributed by atoms with van der Waals surface area (Å²) in [5, 5.41) is 65.7. The summed E-state index contributed by atoms with van der Waals surface area (Å²) in [4.78, 5) is 35.6. The lowest BCUT2D eigenvalue weighted by atomic mass is 10.1. The molecule has 0 spiro atoms. The number of likely N-dealkylation sites (tertiary alicyclic amines) is 1. The number of piperidine rings is 2. The van der Waals surface area contributed by atoms with Gasteiger partial charge in [-0.15, -0.1) is 10.2 Å². The van der Waals surface area contributed by atoms with Crippen molar-refractivity contribution in [1.29, 1.82) is 21.3 Å². The maximum Gasteiger partial charge on any atom is 0.217 e. The molecule has 2 aliphatic heterocycles. The number of fused-ring (bicyclic) bond motifs is 2. The number of carbonyl (C=O) groups is 2. The van der Waals surface area contributed by atoms with Crippen molar-refractivity contribution in [3.63, 3.8) is 0 Å². The number of pyridine rings is 2.